The standard InChI is InChI=1S/C14H19N3O2S/c1-8(13-9(2)16-10(3)20-13)15-7-11-5-6-12(17-11)14(18)19-4/h5-6,8,15,17H,7H2,1-4H3. The van der Waals surface area contributed by atoms with Gasteiger partial charge in [-0.3, -0.25) is 0 Å². The third-order valence-corrected chi connectivity index (χ3v) is 4.34. The number of aryl methyl sites for hydroxylation is 2. The maximum Gasteiger partial charge on any atom is 0.354 e. The van der Waals surface area contributed by atoms with Gasteiger partial charge in [-0.1, -0.05) is 0 Å². The molecule has 2 aromatic rings. The lowest BCUT2D eigenvalue weighted by Gasteiger charge is -2.12. The predicted molar refractivity (Wildman–Crippen MR) is 79.0 cm³/mol. The van der Waals surface area contributed by atoms with Gasteiger partial charge in [-0.05, 0) is 32.9 Å². The first-order chi connectivity index (χ1) is 9.51. The van der Waals surface area contributed by atoms with Gasteiger partial charge in [0.05, 0.1) is 17.8 Å². The lowest BCUT2D eigenvalue weighted by Crippen LogP contribution is -2.18. The number of ether oxygens (including phenoxy) is 1. The van der Waals surface area contributed by atoms with Gasteiger partial charge in [-0.15, -0.1) is 11.3 Å². The second kappa shape index (κ2) is 6.19. The number of rotatable bonds is 5. The van der Waals surface area contributed by atoms with E-state index in [9.17, 15) is 4.79 Å². The van der Waals surface area contributed by atoms with E-state index in [1.165, 1.54) is 12.0 Å². The number of hydrogen-bond donors (Lipinski definition) is 2. The van der Waals surface area contributed by atoms with E-state index >= 15 is 0 Å². The van der Waals surface area contributed by atoms with Gasteiger partial charge in [-0.2, -0.15) is 0 Å². The molecule has 0 aliphatic carbocycles. The second-order valence-electron chi connectivity index (χ2n) is 4.67. The smallest absolute Gasteiger partial charge is 0.354 e. The zero-order chi connectivity index (χ0) is 14.7. The Kier molecular flexibility index (Phi) is 4.57. The molecular formula is C14H19N3O2S. The first kappa shape index (κ1) is 14.7. The van der Waals surface area contributed by atoms with Crippen LogP contribution in [0.15, 0.2) is 12.1 Å². The van der Waals surface area contributed by atoms with Crippen molar-refractivity contribution >= 4 is 17.3 Å². The molecule has 5 nitrogen and oxygen atoms in total. The number of nitrogens with zero attached hydrogens (tertiary/aromatic N) is 1. The third-order valence-electron chi connectivity index (χ3n) is 3.08. The summed E-state index contributed by atoms with van der Waals surface area (Å²) in [6.07, 6.45) is 0. The highest BCUT2D eigenvalue weighted by molar-refractivity contribution is 7.11. The van der Waals surface area contributed by atoms with Crippen LogP contribution in [0.25, 0.3) is 0 Å². The van der Waals surface area contributed by atoms with Crippen molar-refractivity contribution < 1.29 is 9.53 Å². The predicted octanol–water partition coefficient (Wildman–Crippen LogP) is 2.73. The highest BCUT2D eigenvalue weighted by Crippen LogP contribution is 2.24. The van der Waals surface area contributed by atoms with Crippen LogP contribution in [0, 0.1) is 13.8 Å². The third kappa shape index (κ3) is 3.26. The Hall–Kier alpha value is -1.66. The molecule has 0 spiro atoms. The van der Waals surface area contributed by atoms with E-state index in [1.807, 2.05) is 19.9 Å². The van der Waals surface area contributed by atoms with Crippen molar-refractivity contribution in [2.45, 2.75) is 33.4 Å². The number of nitrogens with one attached hydrogen (secondary N) is 2. The Morgan fingerprint density at radius 3 is 2.85 bits per heavy atom. The van der Waals surface area contributed by atoms with E-state index in [1.54, 1.807) is 17.4 Å². The van der Waals surface area contributed by atoms with Crippen LogP contribution in [0.4, 0.5) is 0 Å². The molecule has 0 bridgehead atoms. The summed E-state index contributed by atoms with van der Waals surface area (Å²) < 4.78 is 4.67. The summed E-state index contributed by atoms with van der Waals surface area (Å²) in [5.41, 5.74) is 2.51. The van der Waals surface area contributed by atoms with Gasteiger partial charge < -0.3 is 15.0 Å². The molecule has 0 fully saturated rings. The lowest BCUT2D eigenvalue weighted by molar-refractivity contribution is 0.0594. The van der Waals surface area contributed by atoms with Crippen molar-refractivity contribution in [1.82, 2.24) is 15.3 Å². The van der Waals surface area contributed by atoms with E-state index in [-0.39, 0.29) is 12.0 Å². The van der Waals surface area contributed by atoms with Crippen LogP contribution in [0.1, 0.15) is 44.7 Å². The Morgan fingerprint density at radius 2 is 2.25 bits per heavy atom. The maximum atomic E-state index is 11.4. The number of esters is 1. The van der Waals surface area contributed by atoms with Crippen molar-refractivity contribution in [3.05, 3.63) is 39.1 Å². The molecule has 2 heterocycles. The molecule has 20 heavy (non-hydrogen) atoms. The molecule has 1 unspecified atom stereocenters. The van der Waals surface area contributed by atoms with E-state index < -0.39 is 0 Å². The van der Waals surface area contributed by atoms with Crippen LogP contribution in [0.2, 0.25) is 0 Å². The van der Waals surface area contributed by atoms with Crippen molar-refractivity contribution in [3.8, 4) is 0 Å². The largest absolute Gasteiger partial charge is 0.464 e. The van der Waals surface area contributed by atoms with Crippen LogP contribution in [0.5, 0.6) is 0 Å². The number of methoxy groups -OCH3 is 1. The number of aromatic amines is 1. The number of thiazole rings is 1. The highest BCUT2D eigenvalue weighted by atomic mass is 32.1. The van der Waals surface area contributed by atoms with Crippen molar-refractivity contribution in [2.24, 2.45) is 0 Å². The Morgan fingerprint density at radius 1 is 1.50 bits per heavy atom. The van der Waals surface area contributed by atoms with E-state index in [2.05, 4.69) is 26.9 Å². The molecule has 0 amide bonds. The zero-order valence-corrected chi connectivity index (χ0v) is 12.9. The van der Waals surface area contributed by atoms with Gasteiger partial charge >= 0.3 is 5.97 Å². The molecule has 108 valence electrons. The Balaban J connectivity index is 1.96. The molecule has 6 heteroatoms. The van der Waals surface area contributed by atoms with Crippen LogP contribution in [-0.4, -0.2) is 23.0 Å². The number of H-pyrrole nitrogens is 1. The van der Waals surface area contributed by atoms with Gasteiger partial charge in [0, 0.05) is 23.2 Å². The fourth-order valence-electron chi connectivity index (χ4n) is 2.08. The summed E-state index contributed by atoms with van der Waals surface area (Å²) in [6, 6.07) is 3.85. The molecule has 0 saturated carbocycles. The summed E-state index contributed by atoms with van der Waals surface area (Å²) in [5, 5.41) is 4.51. The van der Waals surface area contributed by atoms with Crippen LogP contribution >= 0.6 is 11.3 Å². The molecular weight excluding hydrogens is 274 g/mol. The summed E-state index contributed by atoms with van der Waals surface area (Å²) in [7, 11) is 1.37. The van der Waals surface area contributed by atoms with Crippen molar-refractivity contribution in [3.63, 3.8) is 0 Å². The quantitative estimate of drug-likeness (QED) is 0.832. The molecule has 0 saturated heterocycles. The summed E-state index contributed by atoms with van der Waals surface area (Å²) in [4.78, 5) is 20.1. The maximum absolute atomic E-state index is 11.4. The number of hydrogen-bond acceptors (Lipinski definition) is 5. The van der Waals surface area contributed by atoms with Gasteiger partial charge in [0.1, 0.15) is 5.69 Å². The minimum absolute atomic E-state index is 0.228. The monoisotopic (exact) mass is 293 g/mol. The van der Waals surface area contributed by atoms with E-state index in [0.717, 1.165) is 16.4 Å². The minimum atomic E-state index is -0.349. The van der Waals surface area contributed by atoms with Crippen molar-refractivity contribution in [1.29, 1.82) is 0 Å². The first-order valence-electron chi connectivity index (χ1n) is 6.44. The molecule has 2 aromatic heterocycles. The SMILES string of the molecule is COC(=O)c1ccc(CNC(C)c2sc(C)nc2C)[nH]1. The van der Waals surface area contributed by atoms with E-state index in [4.69, 9.17) is 0 Å². The molecule has 0 radical (unpaired) electrons. The molecule has 0 aliphatic heterocycles. The van der Waals surface area contributed by atoms with Crippen molar-refractivity contribution in [2.75, 3.05) is 7.11 Å². The number of carbonyl (C=O) groups excluding carboxylic acids is 1. The summed E-state index contributed by atoms with van der Waals surface area (Å²) in [5.74, 6) is -0.349. The number of aromatic nitrogens is 2. The molecule has 2 N–H and O–H groups in total. The summed E-state index contributed by atoms with van der Waals surface area (Å²) >= 11 is 1.71. The van der Waals surface area contributed by atoms with Gasteiger partial charge in [0.15, 0.2) is 0 Å². The van der Waals surface area contributed by atoms with Crippen LogP contribution < -0.4 is 5.32 Å². The Labute approximate surface area is 122 Å². The average Bonchev–Trinajstić information content (AvgIpc) is 3.01. The molecule has 2 rings (SSSR count). The Bertz CT molecular complexity index is 603. The van der Waals surface area contributed by atoms with Gasteiger partial charge in [0.25, 0.3) is 0 Å². The first-order valence-corrected chi connectivity index (χ1v) is 7.26. The zero-order valence-electron chi connectivity index (χ0n) is 12.1. The fourth-order valence-corrected chi connectivity index (χ4v) is 3.03. The summed E-state index contributed by atoms with van der Waals surface area (Å²) in [6.45, 7) is 6.82. The minimum Gasteiger partial charge on any atom is -0.464 e. The number of carbonyl (C=O) groups is 1. The average molecular weight is 293 g/mol. The second-order valence-corrected chi connectivity index (χ2v) is 5.91. The highest BCUT2D eigenvalue weighted by Gasteiger charge is 2.13. The molecule has 0 aliphatic rings. The lowest BCUT2D eigenvalue weighted by atomic mass is 10.2. The molecule has 0 aromatic carbocycles. The van der Waals surface area contributed by atoms with Crippen LogP contribution in [-0.2, 0) is 11.3 Å². The van der Waals surface area contributed by atoms with Crippen LogP contribution in [0.3, 0.4) is 0 Å². The van der Waals surface area contributed by atoms with Gasteiger partial charge in [0.2, 0.25) is 0 Å². The van der Waals surface area contributed by atoms with E-state index in [0.29, 0.717) is 12.2 Å². The normalized spacial score (nSPS) is 12.4. The topological polar surface area (TPSA) is 67.0 Å². The molecule has 1 atom stereocenters. The fraction of sp³-hybridized carbons (Fsp3) is 0.429. The van der Waals surface area contributed by atoms with Gasteiger partial charge in [-0.25, -0.2) is 9.78 Å².